The van der Waals surface area contributed by atoms with Crippen LogP contribution in [0.25, 0.3) is 0 Å². The number of thiophene rings is 1. The fourth-order valence-corrected chi connectivity index (χ4v) is 2.82. The van der Waals surface area contributed by atoms with Gasteiger partial charge in [0.05, 0.1) is 5.56 Å². The summed E-state index contributed by atoms with van der Waals surface area (Å²) in [6.45, 7) is 0.787. The second kappa shape index (κ2) is 6.49. The van der Waals surface area contributed by atoms with E-state index < -0.39 is 11.7 Å². The molecular formula is C15H17F3N2S. The Morgan fingerprint density at radius 2 is 2.00 bits per heavy atom. The second-order valence-electron chi connectivity index (χ2n) is 4.86. The Labute approximate surface area is 126 Å². The van der Waals surface area contributed by atoms with Crippen LogP contribution >= 0.6 is 11.3 Å². The van der Waals surface area contributed by atoms with Gasteiger partial charge in [-0.2, -0.15) is 24.5 Å². The average molecular weight is 314 g/mol. The van der Waals surface area contributed by atoms with Crippen LogP contribution in [-0.4, -0.2) is 14.1 Å². The van der Waals surface area contributed by atoms with E-state index in [9.17, 15) is 13.2 Å². The minimum absolute atomic E-state index is 0.198. The van der Waals surface area contributed by atoms with Crippen molar-refractivity contribution in [3.63, 3.8) is 0 Å². The summed E-state index contributed by atoms with van der Waals surface area (Å²) in [4.78, 5) is 1.82. The van der Waals surface area contributed by atoms with Crippen molar-refractivity contribution in [3.05, 3.63) is 51.7 Å². The Bertz CT molecular complexity index is 579. The van der Waals surface area contributed by atoms with Crippen molar-refractivity contribution in [1.82, 2.24) is 5.32 Å². The first-order valence-electron chi connectivity index (χ1n) is 6.48. The van der Waals surface area contributed by atoms with Crippen molar-refractivity contribution in [2.45, 2.75) is 19.3 Å². The van der Waals surface area contributed by atoms with Gasteiger partial charge in [-0.15, -0.1) is 0 Å². The molecule has 0 aliphatic rings. The molecule has 0 bridgehead atoms. The lowest BCUT2D eigenvalue weighted by Crippen LogP contribution is -2.19. The number of halogens is 3. The molecule has 0 atom stereocenters. The first-order valence-corrected chi connectivity index (χ1v) is 7.43. The van der Waals surface area contributed by atoms with Crippen molar-refractivity contribution in [1.29, 1.82) is 0 Å². The number of alkyl halides is 3. The van der Waals surface area contributed by atoms with Crippen molar-refractivity contribution in [2.24, 2.45) is 0 Å². The van der Waals surface area contributed by atoms with Crippen molar-refractivity contribution < 1.29 is 13.2 Å². The molecule has 0 spiro atoms. The van der Waals surface area contributed by atoms with Crippen LogP contribution in [-0.2, 0) is 19.3 Å². The van der Waals surface area contributed by atoms with Crippen LogP contribution in [0.3, 0.4) is 0 Å². The average Bonchev–Trinajstić information content (AvgIpc) is 2.91. The molecule has 0 unspecified atom stereocenters. The quantitative estimate of drug-likeness (QED) is 0.893. The van der Waals surface area contributed by atoms with Crippen LogP contribution in [0.15, 0.2) is 35.0 Å². The van der Waals surface area contributed by atoms with E-state index in [0.29, 0.717) is 12.2 Å². The standard InChI is InChI=1S/C15H17F3N2S/c1-19-8-12-3-4-13(7-14(12)15(16,17)18)20(2)9-11-5-6-21-10-11/h3-7,10,19H,8-9H2,1-2H3. The minimum Gasteiger partial charge on any atom is -0.370 e. The summed E-state index contributed by atoms with van der Waals surface area (Å²) in [5, 5.41) is 6.72. The van der Waals surface area contributed by atoms with E-state index in [4.69, 9.17) is 0 Å². The van der Waals surface area contributed by atoms with Crippen LogP contribution in [0.1, 0.15) is 16.7 Å². The lowest BCUT2D eigenvalue weighted by atomic mass is 10.1. The smallest absolute Gasteiger partial charge is 0.370 e. The number of hydrogen-bond donors (Lipinski definition) is 1. The van der Waals surface area contributed by atoms with Crippen LogP contribution in [0, 0.1) is 0 Å². The van der Waals surface area contributed by atoms with E-state index in [0.717, 1.165) is 5.56 Å². The third kappa shape index (κ3) is 3.98. The topological polar surface area (TPSA) is 15.3 Å². The molecule has 6 heteroatoms. The molecule has 1 heterocycles. The van der Waals surface area contributed by atoms with Gasteiger partial charge in [-0.25, -0.2) is 0 Å². The van der Waals surface area contributed by atoms with Gasteiger partial charge in [-0.05, 0) is 47.1 Å². The zero-order valence-electron chi connectivity index (χ0n) is 11.9. The molecule has 0 saturated heterocycles. The number of benzene rings is 1. The molecule has 0 aliphatic carbocycles. The van der Waals surface area contributed by atoms with E-state index >= 15 is 0 Å². The highest BCUT2D eigenvalue weighted by Gasteiger charge is 2.33. The van der Waals surface area contributed by atoms with Gasteiger partial charge >= 0.3 is 6.18 Å². The molecule has 1 aromatic carbocycles. The summed E-state index contributed by atoms with van der Waals surface area (Å²) in [7, 11) is 3.43. The third-order valence-electron chi connectivity index (χ3n) is 3.21. The molecule has 21 heavy (non-hydrogen) atoms. The van der Waals surface area contributed by atoms with Crippen molar-refractivity contribution in [3.8, 4) is 0 Å². The Kier molecular flexibility index (Phi) is 4.90. The summed E-state index contributed by atoms with van der Waals surface area (Å²) >= 11 is 1.58. The number of rotatable bonds is 5. The maximum atomic E-state index is 13.1. The highest BCUT2D eigenvalue weighted by Crippen LogP contribution is 2.34. The fraction of sp³-hybridized carbons (Fsp3) is 0.333. The monoisotopic (exact) mass is 314 g/mol. The predicted molar refractivity (Wildman–Crippen MR) is 80.6 cm³/mol. The fourth-order valence-electron chi connectivity index (χ4n) is 2.16. The maximum absolute atomic E-state index is 13.1. The Morgan fingerprint density at radius 3 is 2.57 bits per heavy atom. The molecule has 1 N–H and O–H groups in total. The molecule has 2 rings (SSSR count). The van der Waals surface area contributed by atoms with Gasteiger partial charge in [0, 0.05) is 25.8 Å². The summed E-state index contributed by atoms with van der Waals surface area (Å²) in [5.41, 5.74) is 1.34. The largest absolute Gasteiger partial charge is 0.416 e. The van der Waals surface area contributed by atoms with Gasteiger partial charge in [0.2, 0.25) is 0 Å². The first-order chi connectivity index (χ1) is 9.91. The molecule has 0 amide bonds. The summed E-state index contributed by atoms with van der Waals surface area (Å²) in [6.07, 6.45) is -4.34. The Morgan fingerprint density at radius 1 is 1.24 bits per heavy atom. The van der Waals surface area contributed by atoms with Crippen LogP contribution in [0.4, 0.5) is 18.9 Å². The predicted octanol–water partition coefficient (Wildman–Crippen LogP) is 4.12. The zero-order valence-corrected chi connectivity index (χ0v) is 12.7. The van der Waals surface area contributed by atoms with Crippen LogP contribution in [0.5, 0.6) is 0 Å². The number of nitrogens with one attached hydrogen (secondary N) is 1. The normalized spacial score (nSPS) is 11.7. The number of anilines is 1. The molecule has 1 aromatic heterocycles. The molecule has 0 saturated carbocycles. The highest BCUT2D eigenvalue weighted by atomic mass is 32.1. The number of nitrogens with zero attached hydrogens (tertiary/aromatic N) is 1. The van der Waals surface area contributed by atoms with Crippen LogP contribution < -0.4 is 10.2 Å². The van der Waals surface area contributed by atoms with Crippen LogP contribution in [0.2, 0.25) is 0 Å². The zero-order chi connectivity index (χ0) is 15.5. The molecular weight excluding hydrogens is 297 g/mol. The second-order valence-corrected chi connectivity index (χ2v) is 5.64. The molecule has 2 nitrogen and oxygen atoms in total. The summed E-state index contributed by atoms with van der Waals surface area (Å²) in [5.74, 6) is 0. The molecule has 0 aliphatic heterocycles. The van der Waals surface area contributed by atoms with Gasteiger partial charge in [-0.1, -0.05) is 6.07 Å². The number of hydrogen-bond acceptors (Lipinski definition) is 3. The van der Waals surface area contributed by atoms with Gasteiger partial charge in [0.25, 0.3) is 0 Å². The van der Waals surface area contributed by atoms with E-state index in [1.807, 2.05) is 21.7 Å². The van der Waals surface area contributed by atoms with E-state index in [2.05, 4.69) is 5.32 Å². The van der Waals surface area contributed by atoms with Gasteiger partial charge in [-0.3, -0.25) is 0 Å². The molecule has 2 aromatic rings. The maximum Gasteiger partial charge on any atom is 0.416 e. The molecule has 0 radical (unpaired) electrons. The van der Waals surface area contributed by atoms with Gasteiger partial charge in [0.1, 0.15) is 0 Å². The Hall–Kier alpha value is -1.53. The lowest BCUT2D eigenvalue weighted by molar-refractivity contribution is -0.138. The van der Waals surface area contributed by atoms with E-state index in [-0.39, 0.29) is 12.1 Å². The summed E-state index contributed by atoms with van der Waals surface area (Å²) < 4.78 is 39.4. The SMILES string of the molecule is CNCc1ccc(N(C)Cc2ccsc2)cc1C(F)(F)F. The Balaban J connectivity index is 2.28. The molecule has 114 valence electrons. The van der Waals surface area contributed by atoms with Gasteiger partial charge in [0.15, 0.2) is 0 Å². The highest BCUT2D eigenvalue weighted by molar-refractivity contribution is 7.07. The first kappa shape index (κ1) is 15.9. The van der Waals surface area contributed by atoms with Gasteiger partial charge < -0.3 is 10.2 Å². The van der Waals surface area contributed by atoms with E-state index in [1.165, 1.54) is 6.07 Å². The van der Waals surface area contributed by atoms with E-state index in [1.54, 1.807) is 37.6 Å². The minimum atomic E-state index is -4.34. The van der Waals surface area contributed by atoms with Crippen molar-refractivity contribution >= 4 is 17.0 Å². The third-order valence-corrected chi connectivity index (χ3v) is 3.94. The lowest BCUT2D eigenvalue weighted by Gasteiger charge is -2.22. The molecule has 0 fully saturated rings. The van der Waals surface area contributed by atoms with Crippen molar-refractivity contribution in [2.75, 3.05) is 19.0 Å². The summed E-state index contributed by atoms with van der Waals surface area (Å²) in [6, 6.07) is 6.47.